The van der Waals surface area contributed by atoms with E-state index in [1.165, 1.54) is 13.2 Å². The van der Waals surface area contributed by atoms with Crippen LogP contribution in [0.1, 0.15) is 12.5 Å². The van der Waals surface area contributed by atoms with Gasteiger partial charge in [0.2, 0.25) is 5.91 Å². The van der Waals surface area contributed by atoms with Crippen LogP contribution in [0.5, 0.6) is 5.75 Å². The zero-order valence-electron chi connectivity index (χ0n) is 14.2. The Bertz CT molecular complexity index is 979. The van der Waals surface area contributed by atoms with Crippen LogP contribution in [0.25, 0.3) is 0 Å². The zero-order valence-corrected chi connectivity index (χ0v) is 15.0. The third-order valence-corrected chi connectivity index (χ3v) is 5.80. The molecule has 1 amide bonds. The highest BCUT2D eigenvalue weighted by Crippen LogP contribution is 2.24. The molecule has 0 aromatic heterocycles. The van der Waals surface area contributed by atoms with Crippen molar-refractivity contribution in [3.8, 4) is 5.75 Å². The van der Waals surface area contributed by atoms with E-state index in [9.17, 15) is 30.8 Å². The minimum absolute atomic E-state index is 0.00356. The van der Waals surface area contributed by atoms with Gasteiger partial charge in [0.1, 0.15) is 16.8 Å². The number of sulfone groups is 1. The molecular weight excluding hydrogens is 390 g/mol. The lowest BCUT2D eigenvalue weighted by molar-refractivity contribution is -0.115. The second-order valence-electron chi connectivity index (χ2n) is 5.62. The molecule has 0 bridgehead atoms. The van der Waals surface area contributed by atoms with Gasteiger partial charge in [-0.15, -0.1) is 0 Å². The van der Waals surface area contributed by atoms with Crippen LogP contribution in [-0.2, 0) is 20.4 Å². The molecular formula is C17H15F4NO4S. The first-order valence-corrected chi connectivity index (χ1v) is 9.26. The quantitative estimate of drug-likeness (QED) is 0.592. The summed E-state index contributed by atoms with van der Waals surface area (Å²) in [5, 5.41) is 0.222. The Morgan fingerprint density at radius 2 is 1.78 bits per heavy atom. The lowest BCUT2D eigenvalue weighted by Gasteiger charge is -2.15. The average molecular weight is 405 g/mol. The van der Waals surface area contributed by atoms with E-state index in [2.05, 4.69) is 0 Å². The van der Waals surface area contributed by atoms with Gasteiger partial charge in [-0.05, 0) is 37.3 Å². The van der Waals surface area contributed by atoms with Gasteiger partial charge in [0.15, 0.2) is 27.3 Å². The molecule has 0 saturated carbocycles. The van der Waals surface area contributed by atoms with E-state index in [4.69, 9.17) is 4.74 Å². The van der Waals surface area contributed by atoms with Gasteiger partial charge in [-0.3, -0.25) is 4.79 Å². The summed E-state index contributed by atoms with van der Waals surface area (Å²) in [6.45, 7) is 1.04. The zero-order chi connectivity index (χ0) is 20.4. The summed E-state index contributed by atoms with van der Waals surface area (Å²) in [5.41, 5.74) is -0.708. The SMILES string of the molecule is COc1ccc(F)cc1CS(=O)(=O)C(C)C(=O)Nc1ccc(F)c(F)c1F. The lowest BCUT2D eigenvalue weighted by atomic mass is 10.2. The van der Waals surface area contributed by atoms with E-state index in [0.717, 1.165) is 25.1 Å². The fourth-order valence-electron chi connectivity index (χ4n) is 2.22. The second-order valence-corrected chi connectivity index (χ2v) is 7.94. The van der Waals surface area contributed by atoms with Crippen LogP contribution in [-0.4, -0.2) is 26.7 Å². The van der Waals surface area contributed by atoms with Gasteiger partial charge >= 0.3 is 0 Å². The molecule has 27 heavy (non-hydrogen) atoms. The highest BCUT2D eigenvalue weighted by Gasteiger charge is 2.30. The number of rotatable bonds is 6. The molecule has 2 aromatic rings. The molecule has 0 saturated heterocycles. The molecule has 0 fully saturated rings. The number of nitrogens with one attached hydrogen (secondary N) is 1. The third kappa shape index (κ3) is 4.57. The third-order valence-electron chi connectivity index (χ3n) is 3.80. The van der Waals surface area contributed by atoms with E-state index >= 15 is 0 Å². The molecule has 5 nitrogen and oxygen atoms in total. The summed E-state index contributed by atoms with van der Waals surface area (Å²) in [6.07, 6.45) is 0. The molecule has 146 valence electrons. The molecule has 1 atom stereocenters. The Balaban J connectivity index is 2.23. The molecule has 10 heteroatoms. The van der Waals surface area contributed by atoms with E-state index in [1.54, 1.807) is 0 Å². The average Bonchev–Trinajstić information content (AvgIpc) is 2.61. The number of halogens is 4. The Hall–Kier alpha value is -2.62. The number of ether oxygens (including phenoxy) is 1. The van der Waals surface area contributed by atoms with Crippen LogP contribution in [0, 0.1) is 23.3 Å². The normalized spacial score (nSPS) is 12.5. The van der Waals surface area contributed by atoms with Crippen LogP contribution >= 0.6 is 0 Å². The smallest absolute Gasteiger partial charge is 0.242 e. The fraction of sp³-hybridized carbons (Fsp3) is 0.235. The van der Waals surface area contributed by atoms with Gasteiger partial charge in [0.25, 0.3) is 0 Å². The molecule has 1 N–H and O–H groups in total. The van der Waals surface area contributed by atoms with Crippen molar-refractivity contribution in [3.63, 3.8) is 0 Å². The summed E-state index contributed by atoms with van der Waals surface area (Å²) in [7, 11) is -2.89. The molecule has 0 heterocycles. The van der Waals surface area contributed by atoms with Crippen molar-refractivity contribution in [2.75, 3.05) is 12.4 Å². The monoisotopic (exact) mass is 405 g/mol. The minimum atomic E-state index is -4.16. The second kappa shape index (κ2) is 7.95. The summed E-state index contributed by atoms with van der Waals surface area (Å²) >= 11 is 0. The number of carbonyl (C=O) groups is 1. The minimum Gasteiger partial charge on any atom is -0.496 e. The number of amides is 1. The summed E-state index contributed by atoms with van der Waals surface area (Å²) in [4.78, 5) is 12.1. The summed E-state index contributed by atoms with van der Waals surface area (Å²) in [5.74, 6) is -7.36. The number of methoxy groups -OCH3 is 1. The number of carbonyl (C=O) groups excluding carboxylic acids is 1. The van der Waals surface area contributed by atoms with Crippen LogP contribution in [0.4, 0.5) is 23.2 Å². The highest BCUT2D eigenvalue weighted by atomic mass is 32.2. The first-order valence-electron chi connectivity index (χ1n) is 7.55. The maximum absolute atomic E-state index is 13.6. The van der Waals surface area contributed by atoms with E-state index in [-0.39, 0.29) is 11.3 Å². The van der Waals surface area contributed by atoms with Crippen molar-refractivity contribution < 1.29 is 35.5 Å². The van der Waals surface area contributed by atoms with Crippen molar-refractivity contribution in [1.82, 2.24) is 0 Å². The molecule has 0 spiro atoms. The van der Waals surface area contributed by atoms with Crippen LogP contribution < -0.4 is 10.1 Å². The van der Waals surface area contributed by atoms with Gasteiger partial charge in [0, 0.05) is 5.56 Å². The fourth-order valence-corrected chi connectivity index (χ4v) is 3.52. The van der Waals surface area contributed by atoms with Crippen molar-refractivity contribution >= 4 is 21.4 Å². The summed E-state index contributed by atoms with van der Waals surface area (Å²) in [6, 6.07) is 4.62. The van der Waals surface area contributed by atoms with Crippen molar-refractivity contribution in [3.05, 3.63) is 59.2 Å². The molecule has 0 radical (unpaired) electrons. The number of benzene rings is 2. The first-order chi connectivity index (χ1) is 12.6. The number of anilines is 1. The highest BCUT2D eigenvalue weighted by molar-refractivity contribution is 7.92. The Kier molecular flexibility index (Phi) is 6.09. The number of hydrogen-bond donors (Lipinski definition) is 1. The molecule has 0 aliphatic rings. The van der Waals surface area contributed by atoms with Gasteiger partial charge < -0.3 is 10.1 Å². The van der Waals surface area contributed by atoms with Crippen LogP contribution in [0.3, 0.4) is 0 Å². The predicted octanol–water partition coefficient (Wildman–Crippen LogP) is 3.19. The Morgan fingerprint density at radius 3 is 2.41 bits per heavy atom. The van der Waals surface area contributed by atoms with E-state index in [1.807, 2.05) is 5.32 Å². The predicted molar refractivity (Wildman–Crippen MR) is 90.0 cm³/mol. The van der Waals surface area contributed by atoms with Crippen molar-refractivity contribution in [2.45, 2.75) is 17.9 Å². The Morgan fingerprint density at radius 1 is 1.11 bits per heavy atom. The lowest BCUT2D eigenvalue weighted by Crippen LogP contribution is -2.33. The van der Waals surface area contributed by atoms with E-state index < -0.39 is 55.7 Å². The van der Waals surface area contributed by atoms with Gasteiger partial charge in [-0.25, -0.2) is 26.0 Å². The van der Waals surface area contributed by atoms with Gasteiger partial charge in [-0.2, -0.15) is 0 Å². The van der Waals surface area contributed by atoms with Gasteiger partial charge in [-0.1, -0.05) is 0 Å². The first kappa shape index (κ1) is 20.7. The maximum Gasteiger partial charge on any atom is 0.242 e. The maximum atomic E-state index is 13.6. The number of hydrogen-bond acceptors (Lipinski definition) is 4. The van der Waals surface area contributed by atoms with Crippen molar-refractivity contribution in [2.24, 2.45) is 0 Å². The van der Waals surface area contributed by atoms with Crippen molar-refractivity contribution in [1.29, 1.82) is 0 Å². The molecule has 1 unspecified atom stereocenters. The Labute approximate surface area is 152 Å². The molecule has 0 aliphatic carbocycles. The standard InChI is InChI=1S/C17H15F4NO4S/c1-9(17(23)22-13-5-4-12(19)15(20)16(13)21)27(24,25)8-10-7-11(18)3-6-14(10)26-2/h3-7,9H,8H2,1-2H3,(H,22,23). The van der Waals surface area contributed by atoms with Crippen LogP contribution in [0.2, 0.25) is 0 Å². The largest absolute Gasteiger partial charge is 0.496 e. The van der Waals surface area contributed by atoms with Crippen LogP contribution in [0.15, 0.2) is 30.3 Å². The molecule has 0 aliphatic heterocycles. The summed E-state index contributed by atoms with van der Waals surface area (Å²) < 4.78 is 83.0. The molecule has 2 rings (SSSR count). The van der Waals surface area contributed by atoms with Gasteiger partial charge in [0.05, 0.1) is 18.6 Å². The topological polar surface area (TPSA) is 72.5 Å². The molecule has 2 aromatic carbocycles. The van der Waals surface area contributed by atoms with E-state index in [0.29, 0.717) is 6.07 Å².